The fourth-order valence-corrected chi connectivity index (χ4v) is 4.59. The van der Waals surface area contributed by atoms with Crippen LogP contribution in [-0.4, -0.2) is 34.9 Å². The molecule has 4 nitrogen and oxygen atoms in total. The Morgan fingerprint density at radius 2 is 2.00 bits per heavy atom. The van der Waals surface area contributed by atoms with Crippen molar-refractivity contribution in [2.24, 2.45) is 0 Å². The molecular formula is C21H24ClN3OS. The van der Waals surface area contributed by atoms with Gasteiger partial charge in [-0.2, -0.15) is 0 Å². The third-order valence-electron chi connectivity index (χ3n) is 4.94. The Bertz CT molecular complexity index is 842. The molecular weight excluding hydrogens is 378 g/mol. The molecule has 2 aromatic heterocycles. The SMILES string of the molecule is Cl.O=C(c1cc2ccccc2s1)N(Cc1ccccn1)C1CCCNCC1. The molecule has 27 heavy (non-hydrogen) atoms. The van der Waals surface area contributed by atoms with Crippen LogP contribution in [0, 0.1) is 0 Å². The number of amides is 1. The number of hydrogen-bond donors (Lipinski definition) is 1. The van der Waals surface area contributed by atoms with E-state index >= 15 is 0 Å². The second-order valence-electron chi connectivity index (χ2n) is 6.74. The maximum absolute atomic E-state index is 13.4. The van der Waals surface area contributed by atoms with E-state index in [2.05, 4.69) is 22.4 Å². The van der Waals surface area contributed by atoms with Crippen LogP contribution >= 0.6 is 23.7 Å². The fraction of sp³-hybridized carbons (Fsp3) is 0.333. The summed E-state index contributed by atoms with van der Waals surface area (Å²) in [5, 5.41) is 4.59. The van der Waals surface area contributed by atoms with E-state index in [0.717, 1.165) is 53.0 Å². The number of hydrogen-bond acceptors (Lipinski definition) is 4. The summed E-state index contributed by atoms with van der Waals surface area (Å²) in [5.41, 5.74) is 0.944. The molecule has 1 saturated heterocycles. The van der Waals surface area contributed by atoms with Crippen molar-refractivity contribution in [3.8, 4) is 0 Å². The third-order valence-corrected chi connectivity index (χ3v) is 6.05. The van der Waals surface area contributed by atoms with Crippen molar-refractivity contribution >= 4 is 39.7 Å². The zero-order valence-corrected chi connectivity index (χ0v) is 16.8. The van der Waals surface area contributed by atoms with Gasteiger partial charge in [0.1, 0.15) is 0 Å². The number of carbonyl (C=O) groups excluding carboxylic acids is 1. The molecule has 1 aliphatic rings. The molecule has 1 N–H and O–H groups in total. The summed E-state index contributed by atoms with van der Waals surface area (Å²) in [4.78, 5) is 20.7. The maximum atomic E-state index is 13.4. The van der Waals surface area contributed by atoms with E-state index in [0.29, 0.717) is 6.54 Å². The molecule has 0 saturated carbocycles. The summed E-state index contributed by atoms with van der Waals surface area (Å²) in [7, 11) is 0. The van der Waals surface area contributed by atoms with Crippen LogP contribution in [0.15, 0.2) is 54.7 Å². The predicted molar refractivity (Wildman–Crippen MR) is 114 cm³/mol. The Hall–Kier alpha value is -1.95. The van der Waals surface area contributed by atoms with Crippen molar-refractivity contribution in [2.45, 2.75) is 31.8 Å². The van der Waals surface area contributed by atoms with Crippen LogP contribution < -0.4 is 5.32 Å². The average Bonchev–Trinajstić information content (AvgIpc) is 2.94. The number of rotatable bonds is 4. The summed E-state index contributed by atoms with van der Waals surface area (Å²) in [6.45, 7) is 2.56. The van der Waals surface area contributed by atoms with Gasteiger partial charge >= 0.3 is 0 Å². The van der Waals surface area contributed by atoms with E-state index in [-0.39, 0.29) is 24.4 Å². The first-order chi connectivity index (χ1) is 12.8. The first-order valence-corrected chi connectivity index (χ1v) is 10.0. The van der Waals surface area contributed by atoms with Gasteiger partial charge in [0.25, 0.3) is 5.91 Å². The molecule has 1 fully saturated rings. The largest absolute Gasteiger partial charge is 0.329 e. The molecule has 0 radical (unpaired) electrons. The van der Waals surface area contributed by atoms with Crippen molar-refractivity contribution in [3.05, 3.63) is 65.3 Å². The molecule has 4 rings (SSSR count). The molecule has 3 heterocycles. The van der Waals surface area contributed by atoms with Crippen molar-refractivity contribution in [2.75, 3.05) is 13.1 Å². The van der Waals surface area contributed by atoms with Crippen molar-refractivity contribution in [3.63, 3.8) is 0 Å². The van der Waals surface area contributed by atoms with Crippen molar-refractivity contribution in [1.29, 1.82) is 0 Å². The molecule has 1 aliphatic heterocycles. The van der Waals surface area contributed by atoms with Gasteiger partial charge in [-0.1, -0.05) is 24.3 Å². The van der Waals surface area contributed by atoms with E-state index in [9.17, 15) is 4.79 Å². The highest BCUT2D eigenvalue weighted by Gasteiger charge is 2.27. The number of nitrogens with one attached hydrogen (secondary N) is 1. The molecule has 0 spiro atoms. The molecule has 1 amide bonds. The van der Waals surface area contributed by atoms with Crippen LogP contribution in [0.4, 0.5) is 0 Å². The van der Waals surface area contributed by atoms with Crippen LogP contribution in [0.2, 0.25) is 0 Å². The number of halogens is 1. The Morgan fingerprint density at radius 3 is 2.81 bits per heavy atom. The fourth-order valence-electron chi connectivity index (χ4n) is 3.57. The van der Waals surface area contributed by atoms with E-state index in [1.54, 1.807) is 17.5 Å². The highest BCUT2D eigenvalue weighted by molar-refractivity contribution is 7.20. The number of aromatic nitrogens is 1. The molecule has 0 aliphatic carbocycles. The number of benzene rings is 1. The molecule has 1 aromatic carbocycles. The first-order valence-electron chi connectivity index (χ1n) is 9.21. The quantitative estimate of drug-likeness (QED) is 0.699. The highest BCUT2D eigenvalue weighted by atomic mass is 35.5. The molecule has 6 heteroatoms. The van der Waals surface area contributed by atoms with Crippen LogP contribution in [-0.2, 0) is 6.54 Å². The molecule has 0 bridgehead atoms. The van der Waals surface area contributed by atoms with Gasteiger partial charge in [-0.05, 0) is 62.0 Å². The summed E-state index contributed by atoms with van der Waals surface area (Å²) in [6.07, 6.45) is 4.93. The number of fused-ring (bicyclic) bond motifs is 1. The minimum absolute atomic E-state index is 0. The molecule has 142 valence electrons. The van der Waals surface area contributed by atoms with E-state index in [4.69, 9.17) is 0 Å². The lowest BCUT2D eigenvalue weighted by molar-refractivity contribution is 0.0647. The van der Waals surface area contributed by atoms with E-state index in [1.807, 2.05) is 41.3 Å². The van der Waals surface area contributed by atoms with Crippen LogP contribution in [0.1, 0.15) is 34.6 Å². The van der Waals surface area contributed by atoms with Crippen LogP contribution in [0.5, 0.6) is 0 Å². The average molecular weight is 402 g/mol. The van der Waals surface area contributed by atoms with Gasteiger partial charge in [0.05, 0.1) is 17.1 Å². The monoisotopic (exact) mass is 401 g/mol. The first kappa shape index (κ1) is 19.8. The summed E-state index contributed by atoms with van der Waals surface area (Å²) in [6, 6.07) is 16.4. The molecule has 1 unspecified atom stereocenters. The molecule has 1 atom stereocenters. The molecule has 3 aromatic rings. The standard InChI is InChI=1S/C21H23N3OS.ClH/c25-21(20-14-16-6-1-2-9-19(16)26-20)24(15-17-7-3-4-12-23-17)18-8-5-11-22-13-10-18;/h1-4,6-7,9,12,14,18,22H,5,8,10-11,13,15H2;1H. The normalized spacial score (nSPS) is 17.1. The lowest BCUT2D eigenvalue weighted by Gasteiger charge is -2.30. The minimum Gasteiger partial charge on any atom is -0.329 e. The zero-order chi connectivity index (χ0) is 17.8. The Labute approximate surface area is 170 Å². The van der Waals surface area contributed by atoms with Gasteiger partial charge < -0.3 is 10.2 Å². The van der Waals surface area contributed by atoms with E-state index < -0.39 is 0 Å². The summed E-state index contributed by atoms with van der Waals surface area (Å²) >= 11 is 1.59. The summed E-state index contributed by atoms with van der Waals surface area (Å²) in [5.74, 6) is 0.128. The number of thiophene rings is 1. The number of pyridine rings is 1. The Kier molecular flexibility index (Phi) is 6.83. The zero-order valence-electron chi connectivity index (χ0n) is 15.1. The number of nitrogens with zero attached hydrogens (tertiary/aromatic N) is 2. The van der Waals surface area contributed by atoms with Crippen LogP contribution in [0.25, 0.3) is 10.1 Å². The van der Waals surface area contributed by atoms with Crippen molar-refractivity contribution < 1.29 is 4.79 Å². The Morgan fingerprint density at radius 1 is 1.15 bits per heavy atom. The second kappa shape index (κ2) is 9.31. The Balaban J connectivity index is 0.00000210. The van der Waals surface area contributed by atoms with Crippen LogP contribution in [0.3, 0.4) is 0 Å². The number of carbonyl (C=O) groups is 1. The highest BCUT2D eigenvalue weighted by Crippen LogP contribution is 2.28. The van der Waals surface area contributed by atoms with Gasteiger partial charge in [-0.3, -0.25) is 9.78 Å². The van der Waals surface area contributed by atoms with Gasteiger partial charge in [-0.25, -0.2) is 0 Å². The minimum atomic E-state index is 0. The summed E-state index contributed by atoms with van der Waals surface area (Å²) < 4.78 is 1.16. The lowest BCUT2D eigenvalue weighted by Crippen LogP contribution is -2.40. The van der Waals surface area contributed by atoms with Gasteiger partial charge in [0.2, 0.25) is 0 Å². The maximum Gasteiger partial charge on any atom is 0.264 e. The smallest absolute Gasteiger partial charge is 0.264 e. The second-order valence-corrected chi connectivity index (χ2v) is 7.82. The topological polar surface area (TPSA) is 45.2 Å². The van der Waals surface area contributed by atoms with Crippen molar-refractivity contribution in [1.82, 2.24) is 15.2 Å². The van der Waals surface area contributed by atoms with Gasteiger partial charge in [0.15, 0.2) is 0 Å². The lowest BCUT2D eigenvalue weighted by atomic mass is 10.1. The third kappa shape index (κ3) is 4.67. The predicted octanol–water partition coefficient (Wildman–Crippen LogP) is 4.50. The van der Waals surface area contributed by atoms with E-state index in [1.165, 1.54) is 0 Å². The van der Waals surface area contributed by atoms with Gasteiger partial charge in [-0.15, -0.1) is 23.7 Å². The van der Waals surface area contributed by atoms with Gasteiger partial charge in [0, 0.05) is 16.9 Å².